The van der Waals surface area contributed by atoms with Crippen molar-refractivity contribution >= 4 is 0 Å². The molecule has 1 heterocycles. The Morgan fingerprint density at radius 1 is 1.04 bits per heavy atom. The first-order valence-electron chi connectivity index (χ1n) is 8.79. The molecular weight excluding hydrogens is 326 g/mol. The Balaban J connectivity index is 1.76. The van der Waals surface area contributed by atoms with Crippen LogP contribution >= 0.6 is 0 Å². The molecule has 3 rings (SSSR count). The van der Waals surface area contributed by atoms with Crippen LogP contribution in [-0.2, 0) is 19.4 Å². The molecule has 5 heteroatoms. The molecule has 0 bridgehead atoms. The van der Waals surface area contributed by atoms with Gasteiger partial charge < -0.3 is 15.5 Å². The highest BCUT2D eigenvalue weighted by Crippen LogP contribution is 2.25. The zero-order chi connectivity index (χ0) is 18.4. The number of aryl methyl sites for hydroxylation is 2. The second-order valence-corrected chi connectivity index (χ2v) is 6.05. The SMILES string of the molecule is CCOc1cccc(-c2cccc(CCc3cc(=O)[nH]c(CN)n3)c2)c1. The monoisotopic (exact) mass is 349 g/mol. The lowest BCUT2D eigenvalue weighted by Crippen LogP contribution is -2.15. The van der Waals surface area contributed by atoms with E-state index in [4.69, 9.17) is 10.5 Å². The molecule has 0 radical (unpaired) electrons. The maximum atomic E-state index is 11.6. The number of nitrogens with one attached hydrogen (secondary N) is 1. The molecule has 3 N–H and O–H groups in total. The van der Waals surface area contributed by atoms with E-state index in [0.717, 1.165) is 29.0 Å². The van der Waals surface area contributed by atoms with E-state index < -0.39 is 0 Å². The molecule has 0 saturated carbocycles. The zero-order valence-electron chi connectivity index (χ0n) is 14.9. The van der Waals surface area contributed by atoms with Crippen molar-refractivity contribution in [3.8, 4) is 16.9 Å². The third-order valence-corrected chi connectivity index (χ3v) is 4.11. The largest absolute Gasteiger partial charge is 0.494 e. The molecule has 0 atom stereocenters. The Morgan fingerprint density at radius 2 is 1.81 bits per heavy atom. The summed E-state index contributed by atoms with van der Waals surface area (Å²) in [7, 11) is 0. The van der Waals surface area contributed by atoms with Gasteiger partial charge in [0.05, 0.1) is 13.2 Å². The maximum absolute atomic E-state index is 11.6. The van der Waals surface area contributed by atoms with Crippen molar-refractivity contribution < 1.29 is 4.74 Å². The highest BCUT2D eigenvalue weighted by molar-refractivity contribution is 5.65. The summed E-state index contributed by atoms with van der Waals surface area (Å²) in [6.45, 7) is 2.86. The van der Waals surface area contributed by atoms with Crippen LogP contribution in [0.15, 0.2) is 59.4 Å². The molecule has 0 amide bonds. The number of ether oxygens (including phenoxy) is 1. The van der Waals surface area contributed by atoms with Crippen LogP contribution < -0.4 is 16.0 Å². The van der Waals surface area contributed by atoms with Crippen molar-refractivity contribution in [2.75, 3.05) is 6.61 Å². The van der Waals surface area contributed by atoms with Crippen molar-refractivity contribution in [1.82, 2.24) is 9.97 Å². The molecule has 0 fully saturated rings. The van der Waals surface area contributed by atoms with E-state index in [1.165, 1.54) is 11.6 Å². The first-order chi connectivity index (χ1) is 12.7. The fourth-order valence-corrected chi connectivity index (χ4v) is 2.90. The standard InChI is InChI=1S/C21H23N3O2/c1-2-26-19-8-4-7-17(12-19)16-6-3-5-15(11-16)9-10-18-13-21(25)24-20(14-22)23-18/h3-8,11-13H,2,9-10,14,22H2,1H3,(H,23,24,25). The van der Waals surface area contributed by atoms with Crippen LogP contribution in [0.25, 0.3) is 11.1 Å². The third kappa shape index (κ3) is 4.58. The third-order valence-electron chi connectivity index (χ3n) is 4.11. The summed E-state index contributed by atoms with van der Waals surface area (Å²) in [5.74, 6) is 1.39. The van der Waals surface area contributed by atoms with Gasteiger partial charge in [0.2, 0.25) is 0 Å². The van der Waals surface area contributed by atoms with Gasteiger partial charge in [-0.25, -0.2) is 4.98 Å². The van der Waals surface area contributed by atoms with Gasteiger partial charge in [-0.15, -0.1) is 0 Å². The van der Waals surface area contributed by atoms with Gasteiger partial charge in [0.15, 0.2) is 0 Å². The molecule has 5 nitrogen and oxygen atoms in total. The smallest absolute Gasteiger partial charge is 0.251 e. The summed E-state index contributed by atoms with van der Waals surface area (Å²) in [5.41, 5.74) is 9.64. The lowest BCUT2D eigenvalue weighted by atomic mass is 10.0. The van der Waals surface area contributed by atoms with E-state index >= 15 is 0 Å². The van der Waals surface area contributed by atoms with Crippen LogP contribution in [0.2, 0.25) is 0 Å². The van der Waals surface area contributed by atoms with Crippen LogP contribution in [0.1, 0.15) is 24.0 Å². The van der Waals surface area contributed by atoms with Crippen molar-refractivity contribution in [3.05, 3.63) is 82.0 Å². The highest BCUT2D eigenvalue weighted by Gasteiger charge is 2.04. The Morgan fingerprint density at radius 3 is 2.58 bits per heavy atom. The maximum Gasteiger partial charge on any atom is 0.251 e. The number of H-pyrrole nitrogens is 1. The summed E-state index contributed by atoms with van der Waals surface area (Å²) < 4.78 is 5.59. The normalized spacial score (nSPS) is 10.7. The van der Waals surface area contributed by atoms with Gasteiger partial charge in [-0.3, -0.25) is 4.79 Å². The molecule has 26 heavy (non-hydrogen) atoms. The average molecular weight is 349 g/mol. The summed E-state index contributed by atoms with van der Waals surface area (Å²) >= 11 is 0. The molecule has 0 aliphatic rings. The molecular formula is C21H23N3O2. The molecule has 2 aromatic carbocycles. The summed E-state index contributed by atoms with van der Waals surface area (Å²) in [6.07, 6.45) is 1.50. The molecule has 134 valence electrons. The minimum atomic E-state index is -0.156. The average Bonchev–Trinajstić information content (AvgIpc) is 2.67. The van der Waals surface area contributed by atoms with E-state index in [-0.39, 0.29) is 12.1 Å². The number of hydrogen-bond donors (Lipinski definition) is 2. The second kappa shape index (κ2) is 8.45. The summed E-state index contributed by atoms with van der Waals surface area (Å²) in [6, 6.07) is 18.0. The second-order valence-electron chi connectivity index (χ2n) is 6.05. The van der Waals surface area contributed by atoms with Crippen LogP contribution in [0, 0.1) is 0 Å². The topological polar surface area (TPSA) is 81.0 Å². The number of nitrogens with two attached hydrogens (primary N) is 1. The van der Waals surface area contributed by atoms with E-state index in [1.54, 1.807) is 0 Å². The number of rotatable bonds is 7. The number of aromatic amines is 1. The highest BCUT2D eigenvalue weighted by atomic mass is 16.5. The fourth-order valence-electron chi connectivity index (χ4n) is 2.90. The van der Waals surface area contributed by atoms with Crippen LogP contribution in [0.5, 0.6) is 5.75 Å². The van der Waals surface area contributed by atoms with Crippen molar-refractivity contribution in [3.63, 3.8) is 0 Å². The Bertz CT molecular complexity index is 934. The molecule has 0 aliphatic heterocycles. The fraction of sp³-hybridized carbons (Fsp3) is 0.238. The summed E-state index contributed by atoms with van der Waals surface area (Å²) in [4.78, 5) is 18.7. The van der Waals surface area contributed by atoms with Gasteiger partial charge in [-0.05, 0) is 48.6 Å². The minimum Gasteiger partial charge on any atom is -0.494 e. The van der Waals surface area contributed by atoms with E-state index in [2.05, 4.69) is 46.4 Å². The van der Waals surface area contributed by atoms with Crippen molar-refractivity contribution in [1.29, 1.82) is 0 Å². The lowest BCUT2D eigenvalue weighted by molar-refractivity contribution is 0.340. The first-order valence-corrected chi connectivity index (χ1v) is 8.79. The van der Waals surface area contributed by atoms with Crippen LogP contribution in [0.4, 0.5) is 0 Å². The van der Waals surface area contributed by atoms with Gasteiger partial charge in [0, 0.05) is 11.8 Å². The van der Waals surface area contributed by atoms with Crippen molar-refractivity contribution in [2.45, 2.75) is 26.3 Å². The number of benzene rings is 2. The predicted octanol–water partition coefficient (Wildman–Crippen LogP) is 3.08. The Labute approximate surface area is 152 Å². The minimum absolute atomic E-state index is 0.156. The van der Waals surface area contributed by atoms with Gasteiger partial charge in [0.25, 0.3) is 5.56 Å². The molecule has 0 spiro atoms. The van der Waals surface area contributed by atoms with Crippen molar-refractivity contribution in [2.24, 2.45) is 5.73 Å². The quantitative estimate of drug-likeness (QED) is 0.687. The summed E-state index contributed by atoms with van der Waals surface area (Å²) in [5, 5.41) is 0. The van der Waals surface area contributed by atoms with Crippen LogP contribution in [0.3, 0.4) is 0 Å². The number of hydrogen-bond acceptors (Lipinski definition) is 4. The van der Waals surface area contributed by atoms with E-state index in [0.29, 0.717) is 18.9 Å². The van der Waals surface area contributed by atoms with E-state index in [9.17, 15) is 4.79 Å². The number of aromatic nitrogens is 2. The first kappa shape index (κ1) is 17.9. The van der Waals surface area contributed by atoms with Gasteiger partial charge in [0.1, 0.15) is 11.6 Å². The van der Waals surface area contributed by atoms with Gasteiger partial charge in [-0.2, -0.15) is 0 Å². The molecule has 3 aromatic rings. The Kier molecular flexibility index (Phi) is 5.81. The lowest BCUT2D eigenvalue weighted by Gasteiger charge is -2.08. The molecule has 1 aromatic heterocycles. The molecule has 0 saturated heterocycles. The van der Waals surface area contributed by atoms with Gasteiger partial charge in [-0.1, -0.05) is 36.4 Å². The van der Waals surface area contributed by atoms with Gasteiger partial charge >= 0.3 is 0 Å². The zero-order valence-corrected chi connectivity index (χ0v) is 14.9. The predicted molar refractivity (Wildman–Crippen MR) is 103 cm³/mol. The number of nitrogens with zero attached hydrogens (tertiary/aromatic N) is 1. The molecule has 0 aliphatic carbocycles. The van der Waals surface area contributed by atoms with Crippen LogP contribution in [-0.4, -0.2) is 16.6 Å². The van der Waals surface area contributed by atoms with E-state index in [1.807, 2.05) is 19.1 Å². The molecule has 0 unspecified atom stereocenters. The Hall–Kier alpha value is -2.92.